The second-order valence-electron chi connectivity index (χ2n) is 7.21. The molecule has 5 rings (SSSR count). The molecule has 5 aromatic rings. The van der Waals surface area contributed by atoms with Gasteiger partial charge in [0, 0.05) is 0 Å². The van der Waals surface area contributed by atoms with Crippen LogP contribution in [0.4, 0.5) is 0 Å². The van der Waals surface area contributed by atoms with Crippen LogP contribution in [-0.2, 0) is 10.1 Å². The van der Waals surface area contributed by atoms with Crippen LogP contribution >= 0.6 is 0 Å². The van der Waals surface area contributed by atoms with Crippen LogP contribution in [0.2, 0.25) is 0 Å². The van der Waals surface area contributed by atoms with E-state index in [-0.39, 0.29) is 35.9 Å². The molecule has 0 aliphatic rings. The van der Waals surface area contributed by atoms with Gasteiger partial charge in [0.2, 0.25) is 0 Å². The maximum absolute atomic E-state index is 11.9. The fourth-order valence-corrected chi connectivity index (χ4v) is 4.66. The van der Waals surface area contributed by atoms with Crippen molar-refractivity contribution in [2.45, 2.75) is 4.90 Å². The van der Waals surface area contributed by atoms with E-state index in [1.807, 2.05) is 60.7 Å². The Labute approximate surface area is 204 Å². The van der Waals surface area contributed by atoms with Gasteiger partial charge in [-0.3, -0.25) is 4.55 Å². The van der Waals surface area contributed by atoms with E-state index >= 15 is 0 Å². The number of benzene rings is 5. The summed E-state index contributed by atoms with van der Waals surface area (Å²) in [4.78, 5) is -0.110. The largest absolute Gasteiger partial charge is 1.00 e. The topological polar surface area (TPSA) is 54.4 Å². The van der Waals surface area contributed by atoms with Gasteiger partial charge in [0.15, 0.2) is 0 Å². The number of hydrogen-bond acceptors (Lipinski definition) is 2. The Hall–Kier alpha value is -2.47. The number of hydrogen-bond donors (Lipinski definition) is 1. The first-order valence-corrected chi connectivity index (χ1v) is 11.0. The van der Waals surface area contributed by atoms with Crippen LogP contribution in [0.25, 0.3) is 43.8 Å². The van der Waals surface area contributed by atoms with E-state index in [4.69, 9.17) is 0 Å². The SMILES string of the molecule is O=S(=O)(O)c1ccc2c(-c3ccccc3)c3ccccc3c(-c3ccccc3)c2c1.[H-].[Na+]. The van der Waals surface area contributed by atoms with E-state index in [0.717, 1.165) is 43.8 Å². The summed E-state index contributed by atoms with van der Waals surface area (Å²) < 4.78 is 33.5. The molecular weight excluding hydrogens is 415 g/mol. The molecule has 1 N–H and O–H groups in total. The molecule has 5 aromatic carbocycles. The van der Waals surface area contributed by atoms with Crippen LogP contribution in [-0.4, -0.2) is 13.0 Å². The number of fused-ring (bicyclic) bond motifs is 2. The molecule has 0 fully saturated rings. The second kappa shape index (κ2) is 8.58. The molecule has 0 saturated carbocycles. The van der Waals surface area contributed by atoms with Gasteiger partial charge < -0.3 is 1.43 Å². The van der Waals surface area contributed by atoms with Crippen LogP contribution in [0, 0.1) is 0 Å². The van der Waals surface area contributed by atoms with Gasteiger partial charge in [-0.05, 0) is 55.9 Å². The van der Waals surface area contributed by atoms with Crippen LogP contribution in [0.1, 0.15) is 1.43 Å². The van der Waals surface area contributed by atoms with Gasteiger partial charge in [-0.15, -0.1) is 0 Å². The Bertz CT molecular complexity index is 1500. The fourth-order valence-electron chi connectivity index (χ4n) is 4.15. The zero-order valence-corrected chi connectivity index (χ0v) is 19.8. The molecule has 0 amide bonds. The van der Waals surface area contributed by atoms with Crippen molar-refractivity contribution in [1.29, 1.82) is 0 Å². The maximum atomic E-state index is 11.9. The van der Waals surface area contributed by atoms with Gasteiger partial charge in [-0.1, -0.05) is 91.0 Å². The third-order valence-corrected chi connectivity index (χ3v) is 6.27. The van der Waals surface area contributed by atoms with E-state index < -0.39 is 10.1 Å². The fraction of sp³-hybridized carbons (Fsp3) is 0. The Balaban J connectivity index is 0.00000144. The predicted octanol–water partition coefficient (Wildman–Crippen LogP) is 3.69. The van der Waals surface area contributed by atoms with Crippen molar-refractivity contribution in [2.24, 2.45) is 0 Å². The Morgan fingerprint density at radius 1 is 0.548 bits per heavy atom. The van der Waals surface area contributed by atoms with Crippen molar-refractivity contribution < 1.29 is 44.0 Å². The molecule has 0 unspecified atom stereocenters. The first-order valence-electron chi connectivity index (χ1n) is 9.61. The van der Waals surface area contributed by atoms with E-state index in [2.05, 4.69) is 24.3 Å². The smallest absolute Gasteiger partial charge is 1.00 e. The summed E-state index contributed by atoms with van der Waals surface area (Å²) in [6.45, 7) is 0. The standard InChI is InChI=1S/C26H18O3S.Na.H/c27-30(28,29)20-15-16-23-24(17-20)26(19-11-5-2-6-12-19)22-14-8-7-13-21(22)25(23)18-9-3-1-4-10-18;;/h1-17H,(H,27,28,29);;/q;+1;-1. The maximum Gasteiger partial charge on any atom is 1.00 e. The van der Waals surface area contributed by atoms with E-state index in [1.165, 1.54) is 6.07 Å². The minimum atomic E-state index is -4.32. The zero-order valence-electron chi connectivity index (χ0n) is 18.0. The molecule has 0 heterocycles. The third-order valence-electron chi connectivity index (χ3n) is 5.42. The van der Waals surface area contributed by atoms with Gasteiger partial charge in [-0.25, -0.2) is 0 Å². The zero-order chi connectivity index (χ0) is 20.7. The van der Waals surface area contributed by atoms with Crippen LogP contribution in [0.15, 0.2) is 108 Å². The Morgan fingerprint density at radius 3 is 1.45 bits per heavy atom. The van der Waals surface area contributed by atoms with Crippen molar-refractivity contribution in [1.82, 2.24) is 0 Å². The minimum absolute atomic E-state index is 0. The van der Waals surface area contributed by atoms with Gasteiger partial charge in [0.1, 0.15) is 0 Å². The van der Waals surface area contributed by atoms with Crippen molar-refractivity contribution in [2.75, 3.05) is 0 Å². The van der Waals surface area contributed by atoms with E-state index in [9.17, 15) is 13.0 Å². The van der Waals surface area contributed by atoms with Crippen LogP contribution in [0.3, 0.4) is 0 Å². The molecule has 0 radical (unpaired) electrons. The molecule has 0 saturated heterocycles. The van der Waals surface area contributed by atoms with E-state index in [1.54, 1.807) is 12.1 Å². The van der Waals surface area contributed by atoms with Crippen molar-refractivity contribution >= 4 is 31.7 Å². The summed E-state index contributed by atoms with van der Waals surface area (Å²) in [6.07, 6.45) is 0. The van der Waals surface area contributed by atoms with Crippen LogP contribution < -0.4 is 29.6 Å². The van der Waals surface area contributed by atoms with Crippen molar-refractivity contribution in [3.8, 4) is 22.3 Å². The van der Waals surface area contributed by atoms with Gasteiger partial charge in [-0.2, -0.15) is 8.42 Å². The van der Waals surface area contributed by atoms with Crippen molar-refractivity contribution in [3.05, 3.63) is 103 Å². The quantitative estimate of drug-likeness (QED) is 0.268. The molecule has 31 heavy (non-hydrogen) atoms. The Kier molecular flexibility index (Phi) is 6.02. The summed E-state index contributed by atoms with van der Waals surface area (Å²) in [5, 5.41) is 3.84. The monoisotopic (exact) mass is 434 g/mol. The first-order chi connectivity index (χ1) is 14.5. The molecule has 3 nitrogen and oxygen atoms in total. The summed E-state index contributed by atoms with van der Waals surface area (Å²) in [5.41, 5.74) is 4.04. The molecule has 148 valence electrons. The molecular formula is C26H19NaO3S. The average molecular weight is 434 g/mol. The summed E-state index contributed by atoms with van der Waals surface area (Å²) in [5.74, 6) is 0. The average Bonchev–Trinajstić information content (AvgIpc) is 2.77. The summed E-state index contributed by atoms with van der Waals surface area (Å²) in [6, 6.07) is 33.0. The predicted molar refractivity (Wildman–Crippen MR) is 123 cm³/mol. The molecule has 0 aliphatic heterocycles. The molecule has 0 spiro atoms. The second-order valence-corrected chi connectivity index (χ2v) is 8.63. The summed E-state index contributed by atoms with van der Waals surface area (Å²) in [7, 11) is -4.32. The van der Waals surface area contributed by atoms with Gasteiger partial charge in [0.05, 0.1) is 4.90 Å². The Morgan fingerprint density at radius 2 is 0.968 bits per heavy atom. The first kappa shape index (κ1) is 21.8. The van der Waals surface area contributed by atoms with Gasteiger partial charge in [0.25, 0.3) is 10.1 Å². The van der Waals surface area contributed by atoms with Crippen LogP contribution in [0.5, 0.6) is 0 Å². The minimum Gasteiger partial charge on any atom is -1.00 e. The molecule has 5 heteroatoms. The molecule has 0 atom stereocenters. The van der Waals surface area contributed by atoms with Crippen molar-refractivity contribution in [3.63, 3.8) is 0 Å². The van der Waals surface area contributed by atoms with E-state index in [0.29, 0.717) is 0 Å². The summed E-state index contributed by atoms with van der Waals surface area (Å²) >= 11 is 0. The number of rotatable bonds is 3. The van der Waals surface area contributed by atoms with Gasteiger partial charge >= 0.3 is 29.6 Å². The third kappa shape index (κ3) is 3.93. The molecule has 0 bridgehead atoms. The molecule has 0 aromatic heterocycles. The molecule has 0 aliphatic carbocycles. The normalized spacial score (nSPS) is 11.4.